The van der Waals surface area contributed by atoms with Gasteiger partial charge >= 0.3 is 0 Å². The molecule has 1 N–H and O–H groups in total. The summed E-state index contributed by atoms with van der Waals surface area (Å²) in [5.41, 5.74) is 1.36. The first-order chi connectivity index (χ1) is 8.14. The van der Waals surface area contributed by atoms with Crippen LogP contribution in [0.2, 0.25) is 0 Å². The molecule has 0 fully saturated rings. The molecule has 0 aliphatic heterocycles. The van der Waals surface area contributed by atoms with Crippen molar-refractivity contribution in [1.82, 2.24) is 4.72 Å². The first-order valence-electron chi connectivity index (χ1n) is 6.09. The van der Waals surface area contributed by atoms with Crippen LogP contribution >= 0.6 is 0 Å². The zero-order chi connectivity index (χ0) is 12.6. The number of rotatable bonds is 8. The van der Waals surface area contributed by atoms with E-state index in [2.05, 4.69) is 29.0 Å². The molecule has 0 heterocycles. The zero-order valence-electron chi connectivity index (χ0n) is 10.4. The normalized spacial score (nSPS) is 11.6. The number of hydrogen-bond acceptors (Lipinski definition) is 2. The van der Waals surface area contributed by atoms with Crippen molar-refractivity contribution < 1.29 is 8.42 Å². The largest absolute Gasteiger partial charge is 0.218 e. The smallest absolute Gasteiger partial charge is 0.211 e. The maximum absolute atomic E-state index is 11.1. The van der Waals surface area contributed by atoms with Crippen LogP contribution in [0, 0.1) is 0 Å². The number of aryl methyl sites for hydroxylation is 1. The second-order valence-electron chi connectivity index (χ2n) is 4.17. The van der Waals surface area contributed by atoms with E-state index < -0.39 is 10.0 Å². The molecule has 0 spiro atoms. The summed E-state index contributed by atoms with van der Waals surface area (Å²) < 4.78 is 24.6. The molecular formula is C13H21NO2S. The van der Waals surface area contributed by atoms with Crippen LogP contribution in [0.5, 0.6) is 0 Å². The summed E-state index contributed by atoms with van der Waals surface area (Å²) in [5.74, 6) is 0.245. The molecule has 1 rings (SSSR count). The minimum atomic E-state index is -3.01. The fourth-order valence-electron chi connectivity index (χ4n) is 1.72. The van der Waals surface area contributed by atoms with E-state index in [1.807, 2.05) is 6.07 Å². The molecule has 96 valence electrons. The van der Waals surface area contributed by atoms with Gasteiger partial charge in [0.2, 0.25) is 10.0 Å². The van der Waals surface area contributed by atoms with Crippen LogP contribution in [0.4, 0.5) is 0 Å². The quantitative estimate of drug-likeness (QED) is 0.725. The summed E-state index contributed by atoms with van der Waals surface area (Å²) in [6.07, 6.45) is 5.03. The molecule has 0 radical (unpaired) electrons. The number of benzene rings is 1. The minimum Gasteiger partial charge on any atom is -0.218 e. The van der Waals surface area contributed by atoms with E-state index in [9.17, 15) is 8.42 Å². The lowest BCUT2D eigenvalue weighted by atomic mass is 10.1. The molecule has 1 aromatic carbocycles. The third-order valence-corrected chi connectivity index (χ3v) is 4.23. The van der Waals surface area contributed by atoms with Gasteiger partial charge in [-0.15, -0.1) is 0 Å². The van der Waals surface area contributed by atoms with Crippen molar-refractivity contribution in [2.75, 3.05) is 12.8 Å². The summed E-state index contributed by atoms with van der Waals surface area (Å²) in [7, 11) is -1.55. The zero-order valence-corrected chi connectivity index (χ0v) is 11.2. The van der Waals surface area contributed by atoms with Crippen LogP contribution in [0.25, 0.3) is 0 Å². The van der Waals surface area contributed by atoms with Gasteiger partial charge in [-0.3, -0.25) is 0 Å². The molecule has 0 amide bonds. The molecule has 4 heteroatoms. The van der Waals surface area contributed by atoms with Gasteiger partial charge in [-0.2, -0.15) is 0 Å². The Hall–Kier alpha value is -0.870. The molecule has 1 aromatic rings. The summed E-state index contributed by atoms with van der Waals surface area (Å²) in [5, 5.41) is 0. The van der Waals surface area contributed by atoms with Gasteiger partial charge in [0.1, 0.15) is 0 Å². The Morgan fingerprint density at radius 3 is 2.29 bits per heavy atom. The van der Waals surface area contributed by atoms with Crippen LogP contribution in [0.3, 0.4) is 0 Å². The lowest BCUT2D eigenvalue weighted by Gasteiger charge is -2.03. The molecule has 0 bridgehead atoms. The van der Waals surface area contributed by atoms with E-state index in [-0.39, 0.29) is 5.75 Å². The molecule has 0 aliphatic rings. The first-order valence-corrected chi connectivity index (χ1v) is 7.74. The fraction of sp³-hybridized carbons (Fsp3) is 0.538. The SMILES string of the molecule is CNS(=O)(=O)CCCCCCc1ccccc1. The van der Waals surface area contributed by atoms with Gasteiger partial charge in [0.15, 0.2) is 0 Å². The lowest BCUT2D eigenvalue weighted by Crippen LogP contribution is -2.21. The fourth-order valence-corrected chi connectivity index (χ4v) is 2.51. The summed E-state index contributed by atoms with van der Waals surface area (Å²) in [6.45, 7) is 0. The molecule has 17 heavy (non-hydrogen) atoms. The van der Waals surface area contributed by atoms with Gasteiger partial charge in [-0.25, -0.2) is 13.1 Å². The first kappa shape index (κ1) is 14.2. The summed E-state index contributed by atoms with van der Waals surface area (Å²) in [6, 6.07) is 10.4. The maximum Gasteiger partial charge on any atom is 0.211 e. The molecule has 0 aliphatic carbocycles. The predicted molar refractivity (Wildman–Crippen MR) is 71.5 cm³/mol. The topological polar surface area (TPSA) is 46.2 Å². The number of sulfonamides is 1. The summed E-state index contributed by atoms with van der Waals surface area (Å²) >= 11 is 0. The predicted octanol–water partition coefficient (Wildman–Crippen LogP) is 2.34. The van der Waals surface area contributed by atoms with Crippen molar-refractivity contribution >= 4 is 10.0 Å². The van der Waals surface area contributed by atoms with E-state index in [1.54, 1.807) is 0 Å². The van der Waals surface area contributed by atoms with E-state index in [1.165, 1.54) is 12.6 Å². The molecule has 0 saturated heterocycles. The van der Waals surface area contributed by atoms with Crippen LogP contribution in [0.1, 0.15) is 31.2 Å². The van der Waals surface area contributed by atoms with Gasteiger partial charge in [0.25, 0.3) is 0 Å². The van der Waals surface area contributed by atoms with Gasteiger partial charge in [0, 0.05) is 0 Å². The second-order valence-corrected chi connectivity index (χ2v) is 6.22. The van der Waals surface area contributed by atoms with Crippen LogP contribution in [-0.2, 0) is 16.4 Å². The highest BCUT2D eigenvalue weighted by Gasteiger charge is 2.05. The van der Waals surface area contributed by atoms with Crippen LogP contribution in [-0.4, -0.2) is 21.2 Å². The monoisotopic (exact) mass is 255 g/mol. The average Bonchev–Trinajstić information content (AvgIpc) is 2.35. The van der Waals surface area contributed by atoms with Crippen LogP contribution < -0.4 is 4.72 Å². The van der Waals surface area contributed by atoms with E-state index in [0.717, 1.165) is 32.1 Å². The van der Waals surface area contributed by atoms with E-state index >= 15 is 0 Å². The van der Waals surface area contributed by atoms with Crippen molar-refractivity contribution in [2.24, 2.45) is 0 Å². The van der Waals surface area contributed by atoms with Crippen molar-refractivity contribution in [3.63, 3.8) is 0 Å². The molecule has 0 atom stereocenters. The average molecular weight is 255 g/mol. The Morgan fingerprint density at radius 2 is 1.65 bits per heavy atom. The Morgan fingerprint density at radius 1 is 1.00 bits per heavy atom. The third-order valence-electron chi connectivity index (χ3n) is 2.78. The standard InChI is InChI=1S/C13H21NO2S/c1-14-17(15,16)12-8-3-2-5-9-13-10-6-4-7-11-13/h4,6-7,10-11,14H,2-3,5,8-9,12H2,1H3. The lowest BCUT2D eigenvalue weighted by molar-refractivity contribution is 0.580. The second kappa shape index (κ2) is 7.45. The molecular weight excluding hydrogens is 234 g/mol. The van der Waals surface area contributed by atoms with Crippen molar-refractivity contribution in [2.45, 2.75) is 32.1 Å². The van der Waals surface area contributed by atoms with E-state index in [4.69, 9.17) is 0 Å². The van der Waals surface area contributed by atoms with Crippen molar-refractivity contribution in [1.29, 1.82) is 0 Å². The summed E-state index contributed by atoms with van der Waals surface area (Å²) in [4.78, 5) is 0. The molecule has 3 nitrogen and oxygen atoms in total. The highest BCUT2D eigenvalue weighted by Crippen LogP contribution is 2.08. The van der Waals surface area contributed by atoms with Gasteiger partial charge in [0.05, 0.1) is 5.75 Å². The number of hydrogen-bond donors (Lipinski definition) is 1. The Balaban J connectivity index is 2.06. The maximum atomic E-state index is 11.1. The van der Waals surface area contributed by atoms with Crippen LogP contribution in [0.15, 0.2) is 30.3 Å². The molecule has 0 aromatic heterocycles. The highest BCUT2D eigenvalue weighted by molar-refractivity contribution is 7.89. The third kappa shape index (κ3) is 6.44. The highest BCUT2D eigenvalue weighted by atomic mass is 32.2. The van der Waals surface area contributed by atoms with Crippen molar-refractivity contribution in [3.05, 3.63) is 35.9 Å². The van der Waals surface area contributed by atoms with Crippen molar-refractivity contribution in [3.8, 4) is 0 Å². The van der Waals surface area contributed by atoms with E-state index in [0.29, 0.717) is 0 Å². The van der Waals surface area contributed by atoms with Gasteiger partial charge < -0.3 is 0 Å². The minimum absolute atomic E-state index is 0.245. The van der Waals surface area contributed by atoms with Gasteiger partial charge in [-0.05, 0) is 31.9 Å². The number of unbranched alkanes of at least 4 members (excludes halogenated alkanes) is 3. The Labute approximate surface area is 104 Å². The molecule has 0 saturated carbocycles. The Bertz CT molecular complexity index is 401. The van der Waals surface area contributed by atoms with Gasteiger partial charge in [-0.1, -0.05) is 43.2 Å². The number of nitrogens with one attached hydrogen (secondary N) is 1. The molecule has 0 unspecified atom stereocenters. The Kier molecular flexibility index (Phi) is 6.22.